The topological polar surface area (TPSA) is 58.2 Å². The van der Waals surface area contributed by atoms with E-state index in [2.05, 4.69) is 17.6 Å². The van der Waals surface area contributed by atoms with Crippen LogP contribution < -0.4 is 10.6 Å². The fourth-order valence-corrected chi connectivity index (χ4v) is 2.15. The Balaban J connectivity index is 1.55. The molecule has 2 N–H and O–H groups in total. The number of anilines is 2. The van der Waals surface area contributed by atoms with Crippen molar-refractivity contribution in [3.05, 3.63) is 24.3 Å². The molecule has 0 unspecified atom stereocenters. The number of benzene rings is 1. The van der Waals surface area contributed by atoms with Gasteiger partial charge in [0.2, 0.25) is 11.8 Å². The summed E-state index contributed by atoms with van der Waals surface area (Å²) in [6, 6.07) is 7.30. The summed E-state index contributed by atoms with van der Waals surface area (Å²) in [4.78, 5) is 23.4. The van der Waals surface area contributed by atoms with E-state index >= 15 is 0 Å². The van der Waals surface area contributed by atoms with E-state index in [4.69, 9.17) is 0 Å². The van der Waals surface area contributed by atoms with Crippen molar-refractivity contribution in [3.8, 4) is 0 Å². The Morgan fingerprint density at radius 1 is 1.00 bits per heavy atom. The lowest BCUT2D eigenvalue weighted by molar-refractivity contribution is -0.118. The second-order valence-electron chi connectivity index (χ2n) is 5.65. The number of hydrogen-bond acceptors (Lipinski definition) is 2. The van der Waals surface area contributed by atoms with Crippen LogP contribution in [0.4, 0.5) is 11.4 Å². The predicted molar refractivity (Wildman–Crippen MR) is 73.7 cm³/mol. The summed E-state index contributed by atoms with van der Waals surface area (Å²) in [7, 11) is 0. The molecule has 0 aromatic heterocycles. The highest BCUT2D eigenvalue weighted by molar-refractivity contribution is 5.96. The van der Waals surface area contributed by atoms with Crippen LogP contribution in [0.5, 0.6) is 0 Å². The van der Waals surface area contributed by atoms with Gasteiger partial charge in [-0.3, -0.25) is 9.59 Å². The summed E-state index contributed by atoms with van der Waals surface area (Å²) in [6.07, 6.45) is 2.99. The van der Waals surface area contributed by atoms with Crippen molar-refractivity contribution in [2.24, 2.45) is 17.8 Å². The summed E-state index contributed by atoms with van der Waals surface area (Å²) in [6.45, 7) is 2.08. The fourth-order valence-electron chi connectivity index (χ4n) is 2.15. The first-order valence-electron chi connectivity index (χ1n) is 6.85. The highest BCUT2D eigenvalue weighted by Gasteiger charge is 2.39. The quantitative estimate of drug-likeness (QED) is 0.872. The van der Waals surface area contributed by atoms with Gasteiger partial charge in [-0.2, -0.15) is 0 Å². The van der Waals surface area contributed by atoms with Crippen molar-refractivity contribution in [2.45, 2.75) is 26.2 Å². The van der Waals surface area contributed by atoms with Crippen LogP contribution >= 0.6 is 0 Å². The molecule has 0 bridgehead atoms. The van der Waals surface area contributed by atoms with Crippen LogP contribution in [0.2, 0.25) is 0 Å². The Labute approximate surface area is 112 Å². The van der Waals surface area contributed by atoms with Crippen LogP contribution in [0, 0.1) is 17.8 Å². The van der Waals surface area contributed by atoms with E-state index < -0.39 is 0 Å². The number of carbonyl (C=O) groups excluding carboxylic acids is 2. The van der Waals surface area contributed by atoms with E-state index in [1.165, 1.54) is 0 Å². The van der Waals surface area contributed by atoms with Gasteiger partial charge in [0.1, 0.15) is 0 Å². The minimum atomic E-state index is 0.0993. The SMILES string of the molecule is C[C@H]1C[C@H]1C(=O)Nc1ccc(NC(=O)C2CC2)cc1. The second-order valence-corrected chi connectivity index (χ2v) is 5.65. The van der Waals surface area contributed by atoms with Gasteiger partial charge in [0.05, 0.1) is 0 Å². The first-order chi connectivity index (χ1) is 9.13. The molecule has 2 aliphatic rings. The van der Waals surface area contributed by atoms with E-state index in [0.29, 0.717) is 5.92 Å². The van der Waals surface area contributed by atoms with Crippen molar-refractivity contribution in [1.29, 1.82) is 0 Å². The highest BCUT2D eigenvalue weighted by atomic mass is 16.2. The van der Waals surface area contributed by atoms with Gasteiger partial charge < -0.3 is 10.6 Å². The van der Waals surface area contributed by atoms with Crippen molar-refractivity contribution < 1.29 is 9.59 Å². The largest absolute Gasteiger partial charge is 0.326 e. The van der Waals surface area contributed by atoms with E-state index in [9.17, 15) is 9.59 Å². The van der Waals surface area contributed by atoms with Gasteiger partial charge in [0.25, 0.3) is 0 Å². The molecule has 2 saturated carbocycles. The molecule has 0 radical (unpaired) electrons. The first-order valence-corrected chi connectivity index (χ1v) is 6.85. The Morgan fingerprint density at radius 3 is 1.89 bits per heavy atom. The minimum absolute atomic E-state index is 0.0993. The summed E-state index contributed by atoms with van der Waals surface area (Å²) in [5.74, 6) is 1.09. The molecule has 19 heavy (non-hydrogen) atoms. The average Bonchev–Trinajstić information content (AvgIpc) is 3.25. The molecule has 0 aliphatic heterocycles. The lowest BCUT2D eigenvalue weighted by Crippen LogP contribution is -2.15. The third-order valence-electron chi connectivity index (χ3n) is 3.81. The minimum Gasteiger partial charge on any atom is -0.326 e. The first kappa shape index (κ1) is 12.2. The second kappa shape index (κ2) is 4.68. The Hall–Kier alpha value is -1.84. The van der Waals surface area contributed by atoms with Crippen LogP contribution in [0.25, 0.3) is 0 Å². The monoisotopic (exact) mass is 258 g/mol. The number of rotatable bonds is 4. The normalized spacial score (nSPS) is 24.7. The van der Waals surface area contributed by atoms with Gasteiger partial charge in [-0.15, -0.1) is 0 Å². The maximum Gasteiger partial charge on any atom is 0.227 e. The van der Waals surface area contributed by atoms with E-state index in [-0.39, 0.29) is 23.7 Å². The third-order valence-corrected chi connectivity index (χ3v) is 3.81. The fraction of sp³-hybridized carbons (Fsp3) is 0.467. The number of carbonyl (C=O) groups is 2. The molecule has 0 spiro atoms. The molecule has 1 aromatic carbocycles. The summed E-state index contributed by atoms with van der Waals surface area (Å²) in [5.41, 5.74) is 1.57. The zero-order chi connectivity index (χ0) is 13.4. The van der Waals surface area contributed by atoms with Crippen LogP contribution in [0.15, 0.2) is 24.3 Å². The molecule has 4 nitrogen and oxygen atoms in total. The van der Waals surface area contributed by atoms with Crippen molar-refractivity contribution >= 4 is 23.2 Å². The lowest BCUT2D eigenvalue weighted by atomic mass is 10.2. The standard InChI is InChI=1S/C15H18N2O2/c1-9-8-13(9)15(19)17-12-6-4-11(5-7-12)16-14(18)10-2-3-10/h4-7,9-10,13H,2-3,8H2,1H3,(H,16,18)(H,17,19)/t9-,13+/m0/s1. The van der Waals surface area contributed by atoms with Crippen LogP contribution in [0.1, 0.15) is 26.2 Å². The molecule has 3 rings (SSSR count). The zero-order valence-electron chi connectivity index (χ0n) is 11.0. The third kappa shape index (κ3) is 2.95. The Morgan fingerprint density at radius 2 is 1.47 bits per heavy atom. The van der Waals surface area contributed by atoms with Gasteiger partial charge in [-0.25, -0.2) is 0 Å². The molecule has 4 heteroatoms. The van der Waals surface area contributed by atoms with Crippen LogP contribution in [0.3, 0.4) is 0 Å². The van der Waals surface area contributed by atoms with Crippen LogP contribution in [-0.4, -0.2) is 11.8 Å². The molecule has 2 atom stereocenters. The van der Waals surface area contributed by atoms with Gasteiger partial charge >= 0.3 is 0 Å². The molecule has 0 heterocycles. The molecule has 1 aromatic rings. The smallest absolute Gasteiger partial charge is 0.227 e. The molecule has 0 saturated heterocycles. The van der Waals surface area contributed by atoms with Crippen LogP contribution in [-0.2, 0) is 9.59 Å². The zero-order valence-corrected chi connectivity index (χ0v) is 11.0. The van der Waals surface area contributed by atoms with Gasteiger partial charge in [0.15, 0.2) is 0 Å². The lowest BCUT2D eigenvalue weighted by Gasteiger charge is -2.07. The molecule has 2 amide bonds. The molecular formula is C15H18N2O2. The summed E-state index contributed by atoms with van der Waals surface area (Å²) in [5, 5.41) is 5.77. The Bertz CT molecular complexity index is 505. The van der Waals surface area contributed by atoms with E-state index in [1.54, 1.807) is 0 Å². The molecule has 2 fully saturated rings. The molecule has 2 aliphatic carbocycles. The number of amides is 2. The molecular weight excluding hydrogens is 240 g/mol. The summed E-state index contributed by atoms with van der Waals surface area (Å²) < 4.78 is 0. The number of hydrogen-bond donors (Lipinski definition) is 2. The van der Waals surface area contributed by atoms with Crippen molar-refractivity contribution in [2.75, 3.05) is 10.6 Å². The molecule has 100 valence electrons. The Kier molecular flexibility index (Phi) is 3.01. The average molecular weight is 258 g/mol. The van der Waals surface area contributed by atoms with Gasteiger partial charge in [-0.05, 0) is 49.4 Å². The predicted octanol–water partition coefficient (Wildman–Crippen LogP) is 2.63. The highest BCUT2D eigenvalue weighted by Crippen LogP contribution is 2.38. The van der Waals surface area contributed by atoms with Gasteiger partial charge in [0, 0.05) is 23.2 Å². The van der Waals surface area contributed by atoms with E-state index in [1.807, 2.05) is 24.3 Å². The van der Waals surface area contributed by atoms with Gasteiger partial charge in [-0.1, -0.05) is 6.92 Å². The maximum atomic E-state index is 11.8. The van der Waals surface area contributed by atoms with Crippen molar-refractivity contribution in [1.82, 2.24) is 0 Å². The summed E-state index contributed by atoms with van der Waals surface area (Å²) >= 11 is 0. The van der Waals surface area contributed by atoms with Crippen molar-refractivity contribution in [3.63, 3.8) is 0 Å². The maximum absolute atomic E-state index is 11.8. The van der Waals surface area contributed by atoms with E-state index in [0.717, 1.165) is 30.6 Å². The number of nitrogens with one attached hydrogen (secondary N) is 2.